The van der Waals surface area contributed by atoms with Crippen molar-refractivity contribution in [2.45, 2.75) is 23.5 Å². The van der Waals surface area contributed by atoms with Gasteiger partial charge in [-0.1, -0.05) is 11.8 Å². The highest BCUT2D eigenvalue weighted by Crippen LogP contribution is 2.35. The van der Waals surface area contributed by atoms with Crippen molar-refractivity contribution in [3.63, 3.8) is 0 Å². The molecule has 0 aromatic carbocycles. The number of thioether (sulfide) groups is 1. The van der Waals surface area contributed by atoms with E-state index in [2.05, 4.69) is 10.3 Å². The van der Waals surface area contributed by atoms with Crippen molar-refractivity contribution >= 4 is 23.6 Å². The third-order valence-electron chi connectivity index (χ3n) is 2.87. The van der Waals surface area contributed by atoms with Gasteiger partial charge in [-0.3, -0.25) is 4.79 Å². The van der Waals surface area contributed by atoms with Crippen molar-refractivity contribution in [1.82, 2.24) is 14.9 Å². The number of hydrogen-bond acceptors (Lipinski definition) is 4. The first-order valence-corrected chi connectivity index (χ1v) is 6.34. The molecule has 0 radical (unpaired) electrons. The Bertz CT molecular complexity index is 479. The Morgan fingerprint density at radius 3 is 2.65 bits per heavy atom. The summed E-state index contributed by atoms with van der Waals surface area (Å²) in [6.45, 7) is 0. The van der Waals surface area contributed by atoms with Crippen LogP contribution in [0.3, 0.4) is 0 Å². The van der Waals surface area contributed by atoms with Crippen LogP contribution < -0.4 is 5.32 Å². The van der Waals surface area contributed by atoms with E-state index in [4.69, 9.17) is 5.11 Å². The molecular formula is C10H13N3O3S. The largest absolute Gasteiger partial charge is 0.480 e. The van der Waals surface area contributed by atoms with Crippen molar-refractivity contribution in [2.24, 2.45) is 7.05 Å². The van der Waals surface area contributed by atoms with Gasteiger partial charge < -0.3 is 15.0 Å². The zero-order valence-electron chi connectivity index (χ0n) is 9.56. The minimum absolute atomic E-state index is 0.377. The number of imidazole rings is 1. The van der Waals surface area contributed by atoms with Crippen molar-refractivity contribution in [1.29, 1.82) is 0 Å². The summed E-state index contributed by atoms with van der Waals surface area (Å²) >= 11 is 1.43. The highest BCUT2D eigenvalue weighted by molar-refractivity contribution is 7.98. The zero-order valence-corrected chi connectivity index (χ0v) is 10.4. The molecule has 0 aliphatic heterocycles. The maximum Gasteiger partial charge on any atom is 0.329 e. The molecule has 0 atom stereocenters. The second kappa shape index (κ2) is 4.06. The number of hydrogen-bond donors (Lipinski definition) is 2. The highest BCUT2D eigenvalue weighted by atomic mass is 32.2. The molecule has 1 aromatic rings. The van der Waals surface area contributed by atoms with E-state index in [1.54, 1.807) is 11.6 Å². The standard InChI is InChI=1S/C10H13N3O3S/c1-13-6(5-11-9(13)17-2)7(14)12-10(3-4-10)8(15)16/h5H,3-4H2,1-2H3,(H,12,14)(H,15,16). The number of carboxylic acid groups (broad SMARTS) is 1. The average Bonchev–Trinajstić information content (AvgIpc) is 2.96. The van der Waals surface area contributed by atoms with Gasteiger partial charge in [-0.25, -0.2) is 9.78 Å². The molecule has 92 valence electrons. The molecule has 7 heteroatoms. The molecule has 0 saturated heterocycles. The number of carbonyl (C=O) groups excluding carboxylic acids is 1. The van der Waals surface area contributed by atoms with Gasteiger partial charge in [-0.05, 0) is 19.1 Å². The minimum atomic E-state index is -1.05. The lowest BCUT2D eigenvalue weighted by Crippen LogP contribution is -2.43. The molecule has 1 amide bonds. The van der Waals surface area contributed by atoms with Crippen molar-refractivity contribution in [2.75, 3.05) is 6.26 Å². The Hall–Kier alpha value is -1.50. The van der Waals surface area contributed by atoms with Crippen LogP contribution >= 0.6 is 11.8 Å². The second-order valence-corrected chi connectivity index (χ2v) is 4.80. The van der Waals surface area contributed by atoms with Crippen LogP contribution in [0, 0.1) is 0 Å². The monoisotopic (exact) mass is 255 g/mol. The van der Waals surface area contributed by atoms with Gasteiger partial charge in [0.1, 0.15) is 11.2 Å². The van der Waals surface area contributed by atoms with E-state index in [-0.39, 0.29) is 5.91 Å². The van der Waals surface area contributed by atoms with Crippen LogP contribution in [0.15, 0.2) is 11.4 Å². The van der Waals surface area contributed by atoms with E-state index in [0.717, 1.165) is 5.16 Å². The molecule has 1 aliphatic carbocycles. The van der Waals surface area contributed by atoms with Crippen LogP contribution in [0.1, 0.15) is 23.3 Å². The highest BCUT2D eigenvalue weighted by Gasteiger charge is 2.51. The van der Waals surface area contributed by atoms with Gasteiger partial charge in [0.15, 0.2) is 5.16 Å². The molecule has 1 aromatic heterocycles. The summed E-state index contributed by atoms with van der Waals surface area (Å²) < 4.78 is 1.65. The summed E-state index contributed by atoms with van der Waals surface area (Å²) in [6.07, 6.45) is 4.30. The number of amides is 1. The second-order valence-electron chi connectivity index (χ2n) is 4.03. The van der Waals surface area contributed by atoms with Gasteiger partial charge in [0.05, 0.1) is 6.20 Å². The molecule has 0 spiro atoms. The van der Waals surface area contributed by atoms with Crippen molar-refractivity contribution < 1.29 is 14.7 Å². The first-order valence-electron chi connectivity index (χ1n) is 5.12. The number of carbonyl (C=O) groups is 2. The Morgan fingerprint density at radius 2 is 2.24 bits per heavy atom. The van der Waals surface area contributed by atoms with Gasteiger partial charge in [0, 0.05) is 7.05 Å². The van der Waals surface area contributed by atoms with E-state index in [1.807, 2.05) is 6.26 Å². The molecule has 0 unspecified atom stereocenters. The fraction of sp³-hybridized carbons (Fsp3) is 0.500. The minimum Gasteiger partial charge on any atom is -0.480 e. The number of aromatic nitrogens is 2. The van der Waals surface area contributed by atoms with E-state index in [9.17, 15) is 9.59 Å². The smallest absolute Gasteiger partial charge is 0.329 e. The van der Waals surface area contributed by atoms with Crippen LogP contribution in [0.5, 0.6) is 0 Å². The van der Waals surface area contributed by atoms with Gasteiger partial charge >= 0.3 is 5.97 Å². The van der Waals surface area contributed by atoms with E-state index in [1.165, 1.54) is 18.0 Å². The summed E-state index contributed by atoms with van der Waals surface area (Å²) in [7, 11) is 1.73. The normalized spacial score (nSPS) is 16.6. The Balaban J connectivity index is 2.15. The molecular weight excluding hydrogens is 242 g/mol. The SMILES string of the molecule is CSc1ncc(C(=O)NC2(C(=O)O)CC2)n1C. The predicted octanol–water partition coefficient (Wildman–Crippen LogP) is 0.489. The third-order valence-corrected chi connectivity index (χ3v) is 3.62. The number of aliphatic carboxylic acids is 1. The molecule has 1 saturated carbocycles. The van der Waals surface area contributed by atoms with Crippen LogP contribution in [-0.4, -0.2) is 38.3 Å². The zero-order chi connectivity index (χ0) is 12.6. The van der Waals surface area contributed by atoms with E-state index in [0.29, 0.717) is 18.5 Å². The number of rotatable bonds is 4. The fourth-order valence-electron chi connectivity index (χ4n) is 1.59. The molecule has 1 heterocycles. The summed E-state index contributed by atoms with van der Waals surface area (Å²) in [5, 5.41) is 12.2. The number of nitrogens with one attached hydrogen (secondary N) is 1. The predicted molar refractivity (Wildman–Crippen MR) is 62.1 cm³/mol. The molecule has 6 nitrogen and oxygen atoms in total. The number of nitrogens with zero attached hydrogens (tertiary/aromatic N) is 2. The topological polar surface area (TPSA) is 84.2 Å². The van der Waals surface area contributed by atoms with Crippen molar-refractivity contribution in [3.05, 3.63) is 11.9 Å². The summed E-state index contributed by atoms with van der Waals surface area (Å²) in [5.74, 6) is -1.36. The summed E-state index contributed by atoms with van der Waals surface area (Å²) in [5.41, 5.74) is -0.678. The first-order chi connectivity index (χ1) is 8.00. The average molecular weight is 255 g/mol. The molecule has 17 heavy (non-hydrogen) atoms. The van der Waals surface area contributed by atoms with Crippen LogP contribution in [0.4, 0.5) is 0 Å². The van der Waals surface area contributed by atoms with Crippen LogP contribution in [-0.2, 0) is 11.8 Å². The molecule has 2 N–H and O–H groups in total. The number of carboxylic acids is 1. The van der Waals surface area contributed by atoms with E-state index >= 15 is 0 Å². The van der Waals surface area contributed by atoms with Gasteiger partial charge in [0.2, 0.25) is 0 Å². The maximum absolute atomic E-state index is 11.9. The van der Waals surface area contributed by atoms with Crippen molar-refractivity contribution in [3.8, 4) is 0 Å². The van der Waals surface area contributed by atoms with Gasteiger partial charge in [-0.2, -0.15) is 0 Å². The third kappa shape index (κ3) is 2.02. The Kier molecular flexibility index (Phi) is 2.86. The first kappa shape index (κ1) is 12.0. The fourth-order valence-corrected chi connectivity index (χ4v) is 2.12. The van der Waals surface area contributed by atoms with Gasteiger partial charge in [-0.15, -0.1) is 0 Å². The Labute approximate surface area is 102 Å². The molecule has 1 aliphatic rings. The lowest BCUT2D eigenvalue weighted by Gasteiger charge is -2.12. The lowest BCUT2D eigenvalue weighted by molar-refractivity contribution is -0.140. The summed E-state index contributed by atoms with van der Waals surface area (Å²) in [6, 6.07) is 0. The van der Waals surface area contributed by atoms with Crippen LogP contribution in [0.25, 0.3) is 0 Å². The van der Waals surface area contributed by atoms with E-state index < -0.39 is 11.5 Å². The van der Waals surface area contributed by atoms with Gasteiger partial charge in [0.25, 0.3) is 5.91 Å². The molecule has 2 rings (SSSR count). The molecule has 1 fully saturated rings. The maximum atomic E-state index is 11.9. The lowest BCUT2D eigenvalue weighted by atomic mass is 10.2. The summed E-state index contributed by atoms with van der Waals surface area (Å²) in [4.78, 5) is 26.9. The quantitative estimate of drug-likeness (QED) is 0.765. The molecule has 0 bridgehead atoms. The van der Waals surface area contributed by atoms with Crippen LogP contribution in [0.2, 0.25) is 0 Å². The Morgan fingerprint density at radius 1 is 1.59 bits per heavy atom.